The fourth-order valence-corrected chi connectivity index (χ4v) is 2.94. The minimum absolute atomic E-state index is 0.423. The highest BCUT2D eigenvalue weighted by atomic mass is 14.6. The van der Waals surface area contributed by atoms with Crippen molar-refractivity contribution in [1.29, 1.82) is 0 Å². The number of benzene rings is 1. The third-order valence-electron chi connectivity index (χ3n) is 3.89. The molecule has 1 saturated carbocycles. The minimum atomic E-state index is 0.423. The molecule has 1 fully saturated rings. The maximum absolute atomic E-state index is 5.74. The normalized spacial score (nSPS) is 18.6. The Balaban J connectivity index is 2.34. The van der Waals surface area contributed by atoms with Gasteiger partial charge in [-0.3, -0.25) is 0 Å². The van der Waals surface area contributed by atoms with Gasteiger partial charge in [0.1, 0.15) is 0 Å². The van der Waals surface area contributed by atoms with E-state index in [2.05, 4.69) is 32.0 Å². The molecule has 1 heteroatoms. The van der Waals surface area contributed by atoms with Gasteiger partial charge >= 0.3 is 0 Å². The van der Waals surface area contributed by atoms with Gasteiger partial charge in [0.2, 0.25) is 0 Å². The molecule has 0 bridgehead atoms. The zero-order chi connectivity index (χ0) is 10.9. The number of hydrogen-bond donors (Lipinski definition) is 1. The number of aryl methyl sites for hydroxylation is 2. The van der Waals surface area contributed by atoms with E-state index < -0.39 is 0 Å². The highest BCUT2D eigenvalue weighted by molar-refractivity contribution is 5.38. The first-order valence-electron chi connectivity index (χ1n) is 5.96. The van der Waals surface area contributed by atoms with Crippen LogP contribution in [0.4, 0.5) is 0 Å². The summed E-state index contributed by atoms with van der Waals surface area (Å²) in [5.74, 6) is 0. The molecule has 15 heavy (non-hydrogen) atoms. The monoisotopic (exact) mass is 203 g/mol. The Morgan fingerprint density at radius 1 is 1.27 bits per heavy atom. The van der Waals surface area contributed by atoms with Gasteiger partial charge in [-0.2, -0.15) is 0 Å². The molecule has 0 spiro atoms. The maximum atomic E-state index is 5.74. The van der Waals surface area contributed by atoms with Crippen LogP contribution in [0.3, 0.4) is 0 Å². The van der Waals surface area contributed by atoms with E-state index in [1.807, 2.05) is 0 Å². The van der Waals surface area contributed by atoms with Crippen LogP contribution in [-0.4, -0.2) is 6.54 Å². The number of hydrogen-bond acceptors (Lipinski definition) is 1. The maximum Gasteiger partial charge on any atom is -0.00324 e. The van der Waals surface area contributed by atoms with Crippen LogP contribution in [0.1, 0.15) is 42.4 Å². The van der Waals surface area contributed by atoms with Gasteiger partial charge < -0.3 is 5.73 Å². The molecule has 1 aliphatic carbocycles. The Kier molecular flexibility index (Phi) is 2.83. The van der Waals surface area contributed by atoms with Crippen LogP contribution < -0.4 is 5.73 Å². The molecule has 0 amide bonds. The molecule has 2 N–H and O–H groups in total. The molecule has 0 heterocycles. The van der Waals surface area contributed by atoms with Crippen molar-refractivity contribution in [3.8, 4) is 0 Å². The lowest BCUT2D eigenvalue weighted by atomic mass is 9.61. The second kappa shape index (κ2) is 3.97. The Bertz CT molecular complexity index is 350. The second-order valence-electron chi connectivity index (χ2n) is 4.99. The molecule has 1 aromatic rings. The van der Waals surface area contributed by atoms with E-state index in [1.165, 1.54) is 30.4 Å². The van der Waals surface area contributed by atoms with Gasteiger partial charge in [-0.15, -0.1) is 0 Å². The van der Waals surface area contributed by atoms with E-state index in [0.717, 1.165) is 13.0 Å². The summed E-state index contributed by atoms with van der Waals surface area (Å²) < 4.78 is 0. The summed E-state index contributed by atoms with van der Waals surface area (Å²) in [5.41, 5.74) is 10.5. The Labute approximate surface area is 92.7 Å². The molecule has 0 aromatic heterocycles. The highest BCUT2D eigenvalue weighted by Crippen LogP contribution is 2.47. The smallest absolute Gasteiger partial charge is 0.00324 e. The molecule has 0 atom stereocenters. The molecule has 1 aliphatic rings. The SMILES string of the molecule is Cc1ccc(C2(CCN)CCC2)c(C)c1. The van der Waals surface area contributed by atoms with Gasteiger partial charge in [0.25, 0.3) is 0 Å². The first-order chi connectivity index (χ1) is 7.18. The van der Waals surface area contributed by atoms with Crippen LogP contribution in [0.25, 0.3) is 0 Å². The third kappa shape index (κ3) is 1.81. The minimum Gasteiger partial charge on any atom is -0.330 e. The van der Waals surface area contributed by atoms with Gasteiger partial charge in [0, 0.05) is 0 Å². The van der Waals surface area contributed by atoms with Crippen LogP contribution in [0.5, 0.6) is 0 Å². The largest absolute Gasteiger partial charge is 0.330 e. The van der Waals surface area contributed by atoms with Crippen LogP contribution in [0.2, 0.25) is 0 Å². The third-order valence-corrected chi connectivity index (χ3v) is 3.89. The molecular weight excluding hydrogens is 182 g/mol. The molecular formula is C14H21N. The van der Waals surface area contributed by atoms with Gasteiger partial charge in [-0.1, -0.05) is 30.2 Å². The van der Waals surface area contributed by atoms with E-state index in [1.54, 1.807) is 5.56 Å². The molecule has 1 nitrogen and oxygen atoms in total. The lowest BCUT2D eigenvalue weighted by Crippen LogP contribution is -2.37. The van der Waals surface area contributed by atoms with Crippen molar-refractivity contribution in [2.75, 3.05) is 6.54 Å². The van der Waals surface area contributed by atoms with Gasteiger partial charge in [0.05, 0.1) is 0 Å². The van der Waals surface area contributed by atoms with E-state index in [9.17, 15) is 0 Å². The lowest BCUT2D eigenvalue weighted by molar-refractivity contribution is 0.228. The molecule has 0 aliphatic heterocycles. The van der Waals surface area contributed by atoms with Crippen LogP contribution >= 0.6 is 0 Å². The summed E-state index contributed by atoms with van der Waals surface area (Å²) in [6.07, 6.45) is 5.17. The fraction of sp³-hybridized carbons (Fsp3) is 0.571. The summed E-state index contributed by atoms with van der Waals surface area (Å²) in [6, 6.07) is 6.85. The summed E-state index contributed by atoms with van der Waals surface area (Å²) in [4.78, 5) is 0. The molecule has 82 valence electrons. The Morgan fingerprint density at radius 3 is 2.47 bits per heavy atom. The van der Waals surface area contributed by atoms with E-state index in [0.29, 0.717) is 5.41 Å². The van der Waals surface area contributed by atoms with Crippen molar-refractivity contribution in [2.24, 2.45) is 5.73 Å². The van der Waals surface area contributed by atoms with Crippen molar-refractivity contribution in [3.05, 3.63) is 34.9 Å². The highest BCUT2D eigenvalue weighted by Gasteiger charge is 2.38. The van der Waals surface area contributed by atoms with Gasteiger partial charge in [0.15, 0.2) is 0 Å². The summed E-state index contributed by atoms with van der Waals surface area (Å²) in [7, 11) is 0. The van der Waals surface area contributed by atoms with Crippen molar-refractivity contribution in [1.82, 2.24) is 0 Å². The predicted octanol–water partition coefficient (Wildman–Crippen LogP) is 3.07. The first-order valence-corrected chi connectivity index (χ1v) is 5.96. The number of rotatable bonds is 3. The van der Waals surface area contributed by atoms with Crippen LogP contribution in [0, 0.1) is 13.8 Å². The topological polar surface area (TPSA) is 26.0 Å². The average molecular weight is 203 g/mol. The number of nitrogens with two attached hydrogens (primary N) is 1. The molecule has 0 saturated heterocycles. The lowest BCUT2D eigenvalue weighted by Gasteiger charge is -2.43. The average Bonchev–Trinajstić information content (AvgIpc) is 2.12. The summed E-state index contributed by atoms with van der Waals surface area (Å²) in [6.45, 7) is 5.21. The van der Waals surface area contributed by atoms with Crippen LogP contribution in [-0.2, 0) is 5.41 Å². The zero-order valence-corrected chi connectivity index (χ0v) is 9.84. The first kappa shape index (κ1) is 10.7. The Morgan fingerprint density at radius 2 is 2.00 bits per heavy atom. The van der Waals surface area contributed by atoms with Crippen molar-refractivity contribution >= 4 is 0 Å². The van der Waals surface area contributed by atoms with E-state index in [4.69, 9.17) is 5.73 Å². The molecule has 1 aromatic carbocycles. The fourth-order valence-electron chi connectivity index (χ4n) is 2.94. The second-order valence-corrected chi connectivity index (χ2v) is 4.99. The van der Waals surface area contributed by atoms with E-state index >= 15 is 0 Å². The Hall–Kier alpha value is -0.820. The van der Waals surface area contributed by atoms with Crippen molar-refractivity contribution in [2.45, 2.75) is 44.9 Å². The molecule has 0 radical (unpaired) electrons. The predicted molar refractivity (Wildman–Crippen MR) is 65.1 cm³/mol. The van der Waals surface area contributed by atoms with E-state index in [-0.39, 0.29) is 0 Å². The van der Waals surface area contributed by atoms with Crippen LogP contribution in [0.15, 0.2) is 18.2 Å². The standard InChI is InChI=1S/C14H21N/c1-11-4-5-13(12(2)10-11)14(8-9-15)6-3-7-14/h4-5,10H,3,6-9,15H2,1-2H3. The summed E-state index contributed by atoms with van der Waals surface area (Å²) >= 11 is 0. The quantitative estimate of drug-likeness (QED) is 0.802. The van der Waals surface area contributed by atoms with Crippen molar-refractivity contribution in [3.63, 3.8) is 0 Å². The molecule has 2 rings (SSSR count). The van der Waals surface area contributed by atoms with Gasteiger partial charge in [-0.25, -0.2) is 0 Å². The summed E-state index contributed by atoms with van der Waals surface area (Å²) in [5, 5.41) is 0. The van der Waals surface area contributed by atoms with Crippen molar-refractivity contribution < 1.29 is 0 Å². The van der Waals surface area contributed by atoms with Gasteiger partial charge in [-0.05, 0) is 56.2 Å². The zero-order valence-electron chi connectivity index (χ0n) is 9.84. The molecule has 0 unspecified atom stereocenters.